The molecule has 0 atom stereocenters. The molecule has 0 aliphatic rings. The predicted octanol–water partition coefficient (Wildman–Crippen LogP) is 5.18. The SMILES string of the molecule is O=C(CCNc1ccc(F)cc1)c1ccc(-c2ccccc2)cc1. The van der Waals surface area contributed by atoms with E-state index in [1.54, 1.807) is 12.1 Å². The molecule has 0 aliphatic carbocycles. The smallest absolute Gasteiger partial charge is 0.164 e. The van der Waals surface area contributed by atoms with Crippen LogP contribution in [0.15, 0.2) is 78.9 Å². The van der Waals surface area contributed by atoms with Gasteiger partial charge in [0, 0.05) is 24.2 Å². The van der Waals surface area contributed by atoms with Crippen LogP contribution < -0.4 is 5.32 Å². The highest BCUT2D eigenvalue weighted by Crippen LogP contribution is 2.19. The average Bonchev–Trinajstić information content (AvgIpc) is 2.64. The van der Waals surface area contributed by atoms with Gasteiger partial charge in [0.2, 0.25) is 0 Å². The van der Waals surface area contributed by atoms with Crippen molar-refractivity contribution in [2.75, 3.05) is 11.9 Å². The molecule has 0 heterocycles. The quantitative estimate of drug-likeness (QED) is 0.634. The minimum atomic E-state index is -0.268. The summed E-state index contributed by atoms with van der Waals surface area (Å²) in [6.45, 7) is 0.519. The highest BCUT2D eigenvalue weighted by atomic mass is 19.1. The lowest BCUT2D eigenvalue weighted by atomic mass is 10.0. The summed E-state index contributed by atoms with van der Waals surface area (Å²) in [5.74, 6) is -0.181. The van der Waals surface area contributed by atoms with E-state index in [0.29, 0.717) is 18.5 Å². The minimum absolute atomic E-state index is 0.0872. The fraction of sp³-hybridized carbons (Fsp3) is 0.0952. The zero-order valence-electron chi connectivity index (χ0n) is 13.2. The van der Waals surface area contributed by atoms with Gasteiger partial charge in [0.05, 0.1) is 0 Å². The average molecular weight is 319 g/mol. The lowest BCUT2D eigenvalue weighted by Crippen LogP contribution is -2.08. The number of Topliss-reactive ketones (excluding diaryl/α,β-unsaturated/α-hetero) is 1. The number of carbonyl (C=O) groups excluding carboxylic acids is 1. The molecule has 0 unspecified atom stereocenters. The summed E-state index contributed by atoms with van der Waals surface area (Å²) >= 11 is 0. The molecule has 0 aromatic heterocycles. The standard InChI is InChI=1S/C21H18FNO/c22-19-10-12-20(13-11-19)23-15-14-21(24)18-8-6-17(7-9-18)16-4-2-1-3-5-16/h1-13,23H,14-15H2. The molecule has 0 fully saturated rings. The van der Waals surface area contributed by atoms with Crippen molar-refractivity contribution in [2.24, 2.45) is 0 Å². The van der Waals surface area contributed by atoms with Crippen LogP contribution in [0.5, 0.6) is 0 Å². The Hall–Kier alpha value is -2.94. The fourth-order valence-electron chi connectivity index (χ4n) is 2.51. The summed E-state index contributed by atoms with van der Waals surface area (Å²) in [6.07, 6.45) is 0.391. The van der Waals surface area contributed by atoms with Crippen molar-refractivity contribution in [3.8, 4) is 11.1 Å². The highest BCUT2D eigenvalue weighted by molar-refractivity contribution is 5.96. The van der Waals surface area contributed by atoms with Gasteiger partial charge in [-0.2, -0.15) is 0 Å². The van der Waals surface area contributed by atoms with Crippen molar-refractivity contribution < 1.29 is 9.18 Å². The molecule has 0 aliphatic heterocycles. The summed E-state index contributed by atoms with van der Waals surface area (Å²) < 4.78 is 12.8. The van der Waals surface area contributed by atoms with Crippen molar-refractivity contribution in [1.82, 2.24) is 0 Å². The number of halogens is 1. The lowest BCUT2D eigenvalue weighted by Gasteiger charge is -2.07. The van der Waals surface area contributed by atoms with Crippen LogP contribution in [0.2, 0.25) is 0 Å². The van der Waals surface area contributed by atoms with E-state index in [0.717, 1.165) is 16.8 Å². The van der Waals surface area contributed by atoms with E-state index in [9.17, 15) is 9.18 Å². The minimum Gasteiger partial charge on any atom is -0.385 e. The number of benzene rings is 3. The maximum absolute atomic E-state index is 12.8. The summed E-state index contributed by atoms with van der Waals surface area (Å²) in [6, 6.07) is 23.8. The maximum atomic E-state index is 12.8. The molecule has 0 radical (unpaired) electrons. The summed E-state index contributed by atoms with van der Waals surface area (Å²) in [5.41, 5.74) is 3.74. The van der Waals surface area contributed by atoms with Gasteiger partial charge in [0.15, 0.2) is 5.78 Å². The molecule has 120 valence electrons. The van der Waals surface area contributed by atoms with Gasteiger partial charge in [0.25, 0.3) is 0 Å². The van der Waals surface area contributed by atoms with Crippen LogP contribution in [-0.4, -0.2) is 12.3 Å². The van der Waals surface area contributed by atoms with Crippen LogP contribution in [0, 0.1) is 5.82 Å². The number of anilines is 1. The Labute approximate surface area is 141 Å². The van der Waals surface area contributed by atoms with Crippen molar-refractivity contribution in [2.45, 2.75) is 6.42 Å². The van der Waals surface area contributed by atoms with E-state index in [4.69, 9.17) is 0 Å². The topological polar surface area (TPSA) is 29.1 Å². The Kier molecular flexibility index (Phi) is 5.02. The molecule has 24 heavy (non-hydrogen) atoms. The van der Waals surface area contributed by atoms with Crippen LogP contribution in [0.3, 0.4) is 0 Å². The van der Waals surface area contributed by atoms with Gasteiger partial charge in [-0.3, -0.25) is 4.79 Å². The second-order valence-electron chi connectivity index (χ2n) is 5.55. The van der Waals surface area contributed by atoms with Crippen molar-refractivity contribution in [3.63, 3.8) is 0 Å². The Balaban J connectivity index is 1.56. The van der Waals surface area contributed by atoms with Gasteiger partial charge in [-0.25, -0.2) is 4.39 Å². The number of nitrogens with one attached hydrogen (secondary N) is 1. The van der Waals surface area contributed by atoms with Gasteiger partial charge in [-0.15, -0.1) is 0 Å². The predicted molar refractivity (Wildman–Crippen MR) is 95.7 cm³/mol. The first-order chi connectivity index (χ1) is 11.7. The first-order valence-corrected chi connectivity index (χ1v) is 7.90. The lowest BCUT2D eigenvalue weighted by molar-refractivity contribution is 0.0986. The Bertz CT molecular complexity index is 796. The van der Waals surface area contributed by atoms with E-state index in [-0.39, 0.29) is 11.6 Å². The normalized spacial score (nSPS) is 10.4. The molecular formula is C21H18FNO. The largest absolute Gasteiger partial charge is 0.385 e. The molecule has 0 saturated carbocycles. The third-order valence-corrected chi connectivity index (χ3v) is 3.84. The zero-order chi connectivity index (χ0) is 16.8. The summed E-state index contributed by atoms with van der Waals surface area (Å²) in [7, 11) is 0. The van der Waals surface area contributed by atoms with E-state index in [2.05, 4.69) is 5.32 Å². The number of rotatable bonds is 6. The van der Waals surface area contributed by atoms with Crippen LogP contribution in [0.4, 0.5) is 10.1 Å². The summed E-state index contributed by atoms with van der Waals surface area (Å²) in [4.78, 5) is 12.2. The van der Waals surface area contributed by atoms with E-state index < -0.39 is 0 Å². The van der Waals surface area contributed by atoms with Gasteiger partial charge in [-0.1, -0.05) is 54.6 Å². The molecule has 0 spiro atoms. The molecule has 0 bridgehead atoms. The van der Waals surface area contributed by atoms with E-state index in [1.165, 1.54) is 12.1 Å². The van der Waals surface area contributed by atoms with Crippen LogP contribution in [-0.2, 0) is 0 Å². The Morgan fingerprint density at radius 3 is 2.08 bits per heavy atom. The van der Waals surface area contributed by atoms with Gasteiger partial charge < -0.3 is 5.32 Å². The number of hydrogen-bond donors (Lipinski definition) is 1. The Morgan fingerprint density at radius 2 is 1.42 bits per heavy atom. The van der Waals surface area contributed by atoms with Gasteiger partial charge >= 0.3 is 0 Å². The number of hydrogen-bond acceptors (Lipinski definition) is 2. The molecular weight excluding hydrogens is 301 g/mol. The first kappa shape index (κ1) is 15.9. The molecule has 3 rings (SSSR count). The maximum Gasteiger partial charge on any atom is 0.164 e. The van der Waals surface area contributed by atoms with Crippen LogP contribution in [0.1, 0.15) is 16.8 Å². The molecule has 0 amide bonds. The van der Waals surface area contributed by atoms with Crippen molar-refractivity contribution >= 4 is 11.5 Å². The third-order valence-electron chi connectivity index (χ3n) is 3.84. The van der Waals surface area contributed by atoms with Crippen LogP contribution >= 0.6 is 0 Å². The molecule has 1 N–H and O–H groups in total. The molecule has 2 nitrogen and oxygen atoms in total. The van der Waals surface area contributed by atoms with Crippen molar-refractivity contribution in [1.29, 1.82) is 0 Å². The fourth-order valence-corrected chi connectivity index (χ4v) is 2.51. The monoisotopic (exact) mass is 319 g/mol. The van der Waals surface area contributed by atoms with E-state index >= 15 is 0 Å². The summed E-state index contributed by atoms with van der Waals surface area (Å²) in [5, 5.41) is 3.12. The van der Waals surface area contributed by atoms with Crippen molar-refractivity contribution in [3.05, 3.63) is 90.2 Å². The second kappa shape index (κ2) is 7.55. The molecule has 3 aromatic carbocycles. The first-order valence-electron chi connectivity index (χ1n) is 7.90. The van der Waals surface area contributed by atoms with Gasteiger partial charge in [0.1, 0.15) is 5.82 Å². The molecule has 3 aromatic rings. The third kappa shape index (κ3) is 4.07. The second-order valence-corrected chi connectivity index (χ2v) is 5.55. The number of carbonyl (C=O) groups is 1. The van der Waals surface area contributed by atoms with Gasteiger partial charge in [-0.05, 0) is 35.4 Å². The zero-order valence-corrected chi connectivity index (χ0v) is 13.2. The molecule has 0 saturated heterocycles. The van der Waals surface area contributed by atoms with Crippen LogP contribution in [0.25, 0.3) is 11.1 Å². The number of ketones is 1. The van der Waals surface area contributed by atoms with E-state index in [1.807, 2.05) is 54.6 Å². The Morgan fingerprint density at radius 1 is 0.792 bits per heavy atom. The highest BCUT2D eigenvalue weighted by Gasteiger charge is 2.06. The molecule has 3 heteroatoms.